The highest BCUT2D eigenvalue weighted by atomic mass is 35.5. The van der Waals surface area contributed by atoms with Gasteiger partial charge in [0.05, 0.1) is 16.3 Å². The first-order chi connectivity index (χ1) is 33.0. The minimum absolute atomic E-state index is 0.00809. The number of carboxylic acid groups (broad SMARTS) is 2. The molecule has 4 N–H and O–H groups in total. The second-order valence-electron chi connectivity index (χ2n) is 18.6. The summed E-state index contributed by atoms with van der Waals surface area (Å²) in [5.41, 5.74) is 5.64. The van der Waals surface area contributed by atoms with E-state index in [-0.39, 0.29) is 64.7 Å². The first-order valence-electron chi connectivity index (χ1n) is 22.7. The van der Waals surface area contributed by atoms with Gasteiger partial charge >= 0.3 is 11.9 Å². The average molecular weight is 995 g/mol. The summed E-state index contributed by atoms with van der Waals surface area (Å²) in [5, 5.41) is 31.3. The number of imide groups is 1. The zero-order chi connectivity index (χ0) is 48.5. The third-order valence-corrected chi connectivity index (χ3v) is 17.3. The van der Waals surface area contributed by atoms with Crippen molar-refractivity contribution in [2.45, 2.75) is 81.8 Å². The number of sulfonamides is 1. The Morgan fingerprint density at radius 2 is 1.74 bits per heavy atom. The summed E-state index contributed by atoms with van der Waals surface area (Å²) in [7, 11) is -3.82. The average Bonchev–Trinajstić information content (AvgIpc) is 3.97. The van der Waals surface area contributed by atoms with Crippen LogP contribution in [0.4, 0.5) is 17.1 Å². The molecule has 6 heterocycles. The standard InChI is InChI=1S/C49H48ClN7O10S2/c1-49(2)24-31(51-30-6-3-5-29(21-30)44-42(50)43(67-25-40(59)60)45(68-44)48(63)64)16-20-56(49)69(65,66)26-55-19-15-28-22-32(23-36(28)53-55)54-17-13-27(14-18-54)33-9-10-37-41-34(33)7-4-8-35(41)47(62)57(37)38-11-12-39(58)52-46(38)61/h3-10,15,19,21-23,27,31,38,51H,11-14,16-18,20,24-26H2,1-2H3,(H,59,60)(H,63,64)(H,52,58,61). The van der Waals surface area contributed by atoms with Crippen molar-refractivity contribution < 1.29 is 47.3 Å². The number of nitrogens with zero attached hydrogens (tertiary/aromatic N) is 5. The van der Waals surface area contributed by atoms with Crippen LogP contribution in [0.3, 0.4) is 0 Å². The molecule has 2 atom stereocenters. The third-order valence-electron chi connectivity index (χ3n) is 13.7. The molecule has 3 aromatic carbocycles. The van der Waals surface area contributed by atoms with E-state index in [0.29, 0.717) is 40.2 Å². The third kappa shape index (κ3) is 8.65. The van der Waals surface area contributed by atoms with E-state index in [1.54, 1.807) is 33.6 Å². The minimum Gasteiger partial charge on any atom is -0.479 e. The molecule has 10 rings (SSSR count). The van der Waals surface area contributed by atoms with E-state index in [4.69, 9.17) is 26.5 Å². The second kappa shape index (κ2) is 17.8. The van der Waals surface area contributed by atoms with E-state index in [1.807, 2.05) is 56.3 Å². The number of carbonyl (C=O) groups excluding carboxylic acids is 3. The van der Waals surface area contributed by atoms with Crippen LogP contribution >= 0.6 is 22.9 Å². The largest absolute Gasteiger partial charge is 0.479 e. The van der Waals surface area contributed by atoms with E-state index >= 15 is 0 Å². The van der Waals surface area contributed by atoms with Gasteiger partial charge in [0.25, 0.3) is 5.91 Å². The first-order valence-corrected chi connectivity index (χ1v) is 25.5. The monoisotopic (exact) mass is 993 g/mol. The topological polar surface area (TPSA) is 221 Å². The van der Waals surface area contributed by atoms with Crippen LogP contribution in [0.25, 0.3) is 32.5 Å². The fraction of sp³-hybridized carbons (Fsp3) is 0.347. The van der Waals surface area contributed by atoms with Gasteiger partial charge in [0.15, 0.2) is 23.1 Å². The molecule has 3 amide bonds. The van der Waals surface area contributed by atoms with E-state index < -0.39 is 46.1 Å². The number of fused-ring (bicyclic) bond motifs is 1. The number of carbonyl (C=O) groups is 5. The number of thiophene rings is 1. The quantitative estimate of drug-likeness (QED) is 0.0826. The lowest BCUT2D eigenvalue weighted by Gasteiger charge is -2.44. The van der Waals surface area contributed by atoms with Crippen LogP contribution in [0, 0.1) is 0 Å². The Morgan fingerprint density at radius 1 is 0.957 bits per heavy atom. The Labute approximate surface area is 406 Å². The van der Waals surface area contributed by atoms with Gasteiger partial charge in [0, 0.05) is 71.7 Å². The van der Waals surface area contributed by atoms with Crippen molar-refractivity contribution in [3.63, 3.8) is 0 Å². The number of ether oxygens (including phenoxy) is 1. The predicted octanol–water partition coefficient (Wildman–Crippen LogP) is 7.48. The van der Waals surface area contributed by atoms with Crippen molar-refractivity contribution in [2.75, 3.05) is 41.4 Å². The summed E-state index contributed by atoms with van der Waals surface area (Å²) in [5.74, 6) is -3.84. The molecule has 2 unspecified atom stereocenters. The van der Waals surface area contributed by atoms with Crippen molar-refractivity contribution in [1.29, 1.82) is 0 Å². The highest BCUT2D eigenvalue weighted by molar-refractivity contribution is 7.88. The summed E-state index contributed by atoms with van der Waals surface area (Å²) >= 11 is 7.43. The lowest BCUT2D eigenvalue weighted by molar-refractivity contribution is -0.139. The van der Waals surface area contributed by atoms with Crippen LogP contribution < -0.4 is 25.2 Å². The maximum Gasteiger partial charge on any atom is 0.349 e. The number of hydrogen-bond acceptors (Lipinski definition) is 12. The number of aromatic nitrogens is 2. The van der Waals surface area contributed by atoms with Crippen molar-refractivity contribution in [3.8, 4) is 27.4 Å². The van der Waals surface area contributed by atoms with Gasteiger partial charge in [-0.15, -0.1) is 11.3 Å². The Balaban J connectivity index is 0.778. The molecule has 0 radical (unpaired) electrons. The van der Waals surface area contributed by atoms with E-state index in [1.165, 1.54) is 10.2 Å². The van der Waals surface area contributed by atoms with Crippen LogP contribution in [0.1, 0.15) is 83.9 Å². The summed E-state index contributed by atoms with van der Waals surface area (Å²) in [6.45, 7) is 4.91. The molecule has 0 saturated carbocycles. The van der Waals surface area contributed by atoms with Crippen LogP contribution in [-0.2, 0) is 30.3 Å². The van der Waals surface area contributed by atoms with Crippen LogP contribution in [-0.4, -0.2) is 106 Å². The molecule has 3 fully saturated rings. The molecule has 1 aromatic heterocycles. The summed E-state index contributed by atoms with van der Waals surface area (Å²) < 4.78 is 36.5. The second-order valence-corrected chi connectivity index (χ2v) is 21.9. The Kier molecular flexibility index (Phi) is 11.9. The van der Waals surface area contributed by atoms with Crippen molar-refractivity contribution in [1.82, 2.24) is 19.4 Å². The number of piperidine rings is 3. The minimum atomic E-state index is -3.82. The molecule has 17 nitrogen and oxygen atoms in total. The van der Waals surface area contributed by atoms with Gasteiger partial charge in [-0.1, -0.05) is 41.9 Å². The molecule has 0 bridgehead atoms. The number of benzene rings is 3. The number of anilines is 3. The SMILES string of the molecule is CC1(C)CC(Nc2cccc(-c3sc(C(=O)O)c(OCC(=O)O)c3Cl)c2)CCN1S(=O)(=O)Cn1ccc2cc(N3CCC(c4ccc5c6c(cccc46)C(=O)N5C4CCC(=O)NC4=O)CC3)cc-2n1. The van der Waals surface area contributed by atoms with Gasteiger partial charge in [-0.2, -0.15) is 9.40 Å². The van der Waals surface area contributed by atoms with Crippen molar-refractivity contribution in [3.05, 3.63) is 100 Å². The number of rotatable bonds is 13. The molecule has 3 saturated heterocycles. The normalized spacial score (nSPS) is 19.9. The Bertz CT molecular complexity index is 3180. The summed E-state index contributed by atoms with van der Waals surface area (Å²) in [6.07, 6.45) is 4.93. The zero-order valence-corrected chi connectivity index (χ0v) is 40.0. The highest BCUT2D eigenvalue weighted by Crippen LogP contribution is 2.47. The van der Waals surface area contributed by atoms with Crippen molar-refractivity contribution in [2.24, 2.45) is 0 Å². The number of amides is 3. The number of nitrogens with one attached hydrogen (secondary N) is 2. The molecular formula is C49H48ClN7O10S2. The van der Waals surface area contributed by atoms with Gasteiger partial charge in [-0.25, -0.2) is 18.0 Å². The molecule has 4 aromatic rings. The Morgan fingerprint density at radius 3 is 2.48 bits per heavy atom. The van der Waals surface area contributed by atoms with Gasteiger partial charge < -0.3 is 25.2 Å². The van der Waals surface area contributed by atoms with Gasteiger partial charge in [-0.05, 0) is 111 Å². The zero-order valence-electron chi connectivity index (χ0n) is 37.6. The van der Waals surface area contributed by atoms with E-state index in [9.17, 15) is 37.5 Å². The van der Waals surface area contributed by atoms with Crippen LogP contribution in [0.15, 0.2) is 79.0 Å². The number of aliphatic carboxylic acids is 1. The molecule has 0 spiro atoms. The predicted molar refractivity (Wildman–Crippen MR) is 261 cm³/mol. The number of aromatic carboxylic acids is 1. The molecule has 358 valence electrons. The van der Waals surface area contributed by atoms with Gasteiger partial charge in [-0.3, -0.25) is 29.3 Å². The number of carboxylic acids is 2. The van der Waals surface area contributed by atoms with Crippen LogP contribution in [0.5, 0.6) is 5.75 Å². The highest BCUT2D eigenvalue weighted by Gasteiger charge is 2.43. The molecule has 6 aliphatic rings. The molecule has 5 aliphatic heterocycles. The van der Waals surface area contributed by atoms with Crippen LogP contribution in [0.2, 0.25) is 5.02 Å². The molecular weight excluding hydrogens is 946 g/mol. The smallest absolute Gasteiger partial charge is 0.349 e. The van der Waals surface area contributed by atoms with Gasteiger partial charge in [0.2, 0.25) is 21.8 Å². The van der Waals surface area contributed by atoms with Crippen molar-refractivity contribution >= 4 is 90.5 Å². The summed E-state index contributed by atoms with van der Waals surface area (Å²) in [4.78, 5) is 65.5. The van der Waals surface area contributed by atoms with E-state index in [2.05, 4.69) is 27.7 Å². The Hall–Kier alpha value is -6.54. The molecule has 1 aliphatic carbocycles. The maximum atomic E-state index is 14.1. The van der Waals surface area contributed by atoms with Gasteiger partial charge in [0.1, 0.15) is 11.1 Å². The molecule has 20 heteroatoms. The number of hydrogen-bond donors (Lipinski definition) is 4. The maximum absolute atomic E-state index is 14.1. The lowest BCUT2D eigenvalue weighted by Crippen LogP contribution is -2.55. The van der Waals surface area contributed by atoms with E-state index in [0.717, 1.165) is 65.0 Å². The molecule has 69 heavy (non-hydrogen) atoms. The first kappa shape index (κ1) is 46.2. The summed E-state index contributed by atoms with van der Waals surface area (Å²) in [6, 6.07) is 22.2. The fourth-order valence-corrected chi connectivity index (χ4v) is 13.8. The number of halogens is 1. The lowest BCUT2D eigenvalue weighted by atomic mass is 9.85. The fourth-order valence-electron chi connectivity index (χ4n) is 10.6.